The molecule has 6 nitrogen and oxygen atoms in total. The van der Waals surface area contributed by atoms with Gasteiger partial charge in [-0.1, -0.05) is 49.4 Å². The molecule has 2 N–H and O–H groups in total. The molecule has 0 aromatic heterocycles. The lowest BCUT2D eigenvalue weighted by atomic mass is 10.1. The van der Waals surface area contributed by atoms with Gasteiger partial charge in [-0.2, -0.15) is 0 Å². The van der Waals surface area contributed by atoms with Gasteiger partial charge in [-0.15, -0.1) is 0 Å². The van der Waals surface area contributed by atoms with E-state index in [0.717, 1.165) is 25.4 Å². The number of rotatable bonds is 6. The number of carboxylic acids is 2. The first kappa shape index (κ1) is 20.2. The van der Waals surface area contributed by atoms with Crippen LogP contribution in [0.25, 0.3) is 0 Å². The van der Waals surface area contributed by atoms with Gasteiger partial charge in [-0.3, -0.25) is 4.90 Å². The minimum absolute atomic E-state index is 0.912. The monoisotopic (exact) mass is 345 g/mol. The van der Waals surface area contributed by atoms with E-state index in [1.165, 1.54) is 11.1 Å². The molecule has 0 amide bonds. The topological polar surface area (TPSA) is 87.1 Å². The summed E-state index contributed by atoms with van der Waals surface area (Å²) in [5.41, 5.74) is 2.68. The van der Waals surface area contributed by atoms with Gasteiger partial charge in [0.2, 0.25) is 0 Å². The highest BCUT2D eigenvalue weighted by Crippen LogP contribution is 2.14. The van der Waals surface area contributed by atoms with Crippen molar-refractivity contribution in [1.29, 1.82) is 0 Å². The molecule has 0 radical (unpaired) electrons. The second kappa shape index (κ2) is 10.8. The second-order valence-corrected chi connectivity index (χ2v) is 5.25. The molecule has 0 bridgehead atoms. The Kier molecular flexibility index (Phi) is 8.74. The van der Waals surface area contributed by atoms with Crippen LogP contribution in [0.15, 0.2) is 54.6 Å². The van der Waals surface area contributed by atoms with E-state index in [4.69, 9.17) is 24.5 Å². The summed E-state index contributed by atoms with van der Waals surface area (Å²) < 4.78 is 5.18. The first-order valence-electron chi connectivity index (χ1n) is 7.81. The summed E-state index contributed by atoms with van der Waals surface area (Å²) in [6, 6.07) is 18.9. The lowest BCUT2D eigenvalue weighted by Gasteiger charge is -2.20. The first-order chi connectivity index (χ1) is 12.0. The van der Waals surface area contributed by atoms with Gasteiger partial charge >= 0.3 is 11.9 Å². The van der Waals surface area contributed by atoms with Crippen LogP contribution in [0.2, 0.25) is 0 Å². The van der Waals surface area contributed by atoms with Crippen LogP contribution >= 0.6 is 0 Å². The minimum Gasteiger partial charge on any atom is -0.497 e. The van der Waals surface area contributed by atoms with Crippen LogP contribution in [0.1, 0.15) is 18.1 Å². The lowest BCUT2D eigenvalue weighted by Crippen LogP contribution is -2.22. The zero-order valence-electron chi connectivity index (χ0n) is 14.4. The quantitative estimate of drug-likeness (QED) is 0.783. The fourth-order valence-electron chi connectivity index (χ4n) is 2.11. The number of carbonyl (C=O) groups is 2. The number of hydrogen-bond donors (Lipinski definition) is 2. The normalized spacial score (nSPS) is 9.88. The van der Waals surface area contributed by atoms with E-state index in [1.54, 1.807) is 7.11 Å². The predicted octanol–water partition coefficient (Wildman–Crippen LogP) is 2.87. The fraction of sp³-hybridized carbons (Fsp3) is 0.263. The van der Waals surface area contributed by atoms with Crippen LogP contribution in [-0.2, 0) is 22.7 Å². The average Bonchev–Trinajstić information content (AvgIpc) is 2.63. The van der Waals surface area contributed by atoms with Gasteiger partial charge in [0.25, 0.3) is 0 Å². The molecule has 0 saturated carbocycles. The Labute approximate surface area is 147 Å². The maximum atomic E-state index is 9.10. The van der Waals surface area contributed by atoms with Crippen molar-refractivity contribution in [2.24, 2.45) is 0 Å². The SMILES string of the molecule is CCN(Cc1ccccc1)Cc1ccc(OC)cc1.O=C(O)C(=O)O. The van der Waals surface area contributed by atoms with Crippen molar-refractivity contribution in [1.82, 2.24) is 4.90 Å². The molecule has 0 unspecified atom stereocenters. The average molecular weight is 345 g/mol. The van der Waals surface area contributed by atoms with Gasteiger partial charge in [0.1, 0.15) is 5.75 Å². The molecule has 0 aliphatic carbocycles. The van der Waals surface area contributed by atoms with Gasteiger partial charge in [0.15, 0.2) is 0 Å². The van der Waals surface area contributed by atoms with Crippen molar-refractivity contribution in [2.45, 2.75) is 20.0 Å². The minimum atomic E-state index is -1.82. The van der Waals surface area contributed by atoms with E-state index < -0.39 is 11.9 Å². The van der Waals surface area contributed by atoms with E-state index in [0.29, 0.717) is 0 Å². The number of hydrogen-bond acceptors (Lipinski definition) is 4. The summed E-state index contributed by atoms with van der Waals surface area (Å²) in [5.74, 6) is -2.74. The summed E-state index contributed by atoms with van der Waals surface area (Å²) in [4.78, 5) is 20.6. The number of methoxy groups -OCH3 is 1. The third kappa shape index (κ3) is 7.99. The van der Waals surface area contributed by atoms with Crippen molar-refractivity contribution in [3.63, 3.8) is 0 Å². The van der Waals surface area contributed by atoms with Crippen molar-refractivity contribution in [3.05, 3.63) is 65.7 Å². The van der Waals surface area contributed by atoms with Crippen molar-refractivity contribution in [3.8, 4) is 5.75 Å². The van der Waals surface area contributed by atoms with E-state index >= 15 is 0 Å². The highest BCUT2D eigenvalue weighted by atomic mass is 16.5. The molecule has 25 heavy (non-hydrogen) atoms. The molecule has 2 aromatic rings. The molecule has 0 saturated heterocycles. The zero-order valence-corrected chi connectivity index (χ0v) is 14.4. The number of ether oxygens (including phenoxy) is 1. The second-order valence-electron chi connectivity index (χ2n) is 5.25. The Hall–Kier alpha value is -2.86. The Morgan fingerprint density at radius 1 is 0.880 bits per heavy atom. The summed E-state index contributed by atoms with van der Waals surface area (Å²) in [7, 11) is 1.70. The van der Waals surface area contributed by atoms with Gasteiger partial charge in [0, 0.05) is 13.1 Å². The molecule has 0 aliphatic rings. The van der Waals surface area contributed by atoms with Crippen LogP contribution in [0.5, 0.6) is 5.75 Å². The molecule has 0 atom stereocenters. The van der Waals surface area contributed by atoms with Crippen molar-refractivity contribution >= 4 is 11.9 Å². The van der Waals surface area contributed by atoms with Crippen molar-refractivity contribution in [2.75, 3.05) is 13.7 Å². The molecule has 0 fully saturated rings. The Bertz CT molecular complexity index is 643. The van der Waals surface area contributed by atoms with E-state index in [1.807, 2.05) is 12.1 Å². The maximum absolute atomic E-state index is 9.10. The first-order valence-corrected chi connectivity index (χ1v) is 7.81. The van der Waals surface area contributed by atoms with Gasteiger partial charge < -0.3 is 14.9 Å². The Balaban J connectivity index is 0.000000450. The number of nitrogens with zero attached hydrogens (tertiary/aromatic N) is 1. The van der Waals surface area contributed by atoms with E-state index in [9.17, 15) is 0 Å². The zero-order chi connectivity index (χ0) is 18.7. The summed E-state index contributed by atoms with van der Waals surface area (Å²) in [5, 5.41) is 14.8. The number of benzene rings is 2. The van der Waals surface area contributed by atoms with Crippen LogP contribution in [0.4, 0.5) is 0 Å². The Morgan fingerprint density at radius 3 is 1.76 bits per heavy atom. The molecular weight excluding hydrogens is 322 g/mol. The van der Waals surface area contributed by atoms with Gasteiger partial charge in [0.05, 0.1) is 7.11 Å². The van der Waals surface area contributed by atoms with E-state index in [2.05, 4.69) is 54.3 Å². The highest BCUT2D eigenvalue weighted by molar-refractivity contribution is 6.27. The molecule has 2 aromatic carbocycles. The van der Waals surface area contributed by atoms with Crippen LogP contribution in [0, 0.1) is 0 Å². The highest BCUT2D eigenvalue weighted by Gasteiger charge is 2.05. The largest absolute Gasteiger partial charge is 0.497 e. The predicted molar refractivity (Wildman–Crippen MR) is 94.5 cm³/mol. The molecule has 0 aliphatic heterocycles. The fourth-order valence-corrected chi connectivity index (χ4v) is 2.11. The molecular formula is C19H23NO5. The van der Waals surface area contributed by atoms with Crippen LogP contribution in [0.3, 0.4) is 0 Å². The third-order valence-electron chi connectivity index (χ3n) is 3.44. The molecule has 0 heterocycles. The van der Waals surface area contributed by atoms with Crippen molar-refractivity contribution < 1.29 is 24.5 Å². The molecule has 134 valence electrons. The number of carboxylic acid groups (broad SMARTS) is 2. The summed E-state index contributed by atoms with van der Waals surface area (Å²) in [6.07, 6.45) is 0. The molecule has 6 heteroatoms. The standard InChI is InChI=1S/C17H21NO.C2H2O4/c1-3-18(13-15-7-5-4-6-8-15)14-16-9-11-17(19-2)12-10-16;3-1(4)2(5)6/h4-12H,3,13-14H2,1-2H3;(H,3,4)(H,5,6). The molecule has 2 rings (SSSR count). The molecule has 0 spiro atoms. The smallest absolute Gasteiger partial charge is 0.414 e. The maximum Gasteiger partial charge on any atom is 0.414 e. The third-order valence-corrected chi connectivity index (χ3v) is 3.44. The van der Waals surface area contributed by atoms with E-state index in [-0.39, 0.29) is 0 Å². The lowest BCUT2D eigenvalue weighted by molar-refractivity contribution is -0.159. The van der Waals surface area contributed by atoms with Gasteiger partial charge in [-0.25, -0.2) is 9.59 Å². The van der Waals surface area contributed by atoms with Crippen LogP contribution in [-0.4, -0.2) is 40.7 Å². The summed E-state index contributed by atoms with van der Waals surface area (Å²) >= 11 is 0. The Morgan fingerprint density at radius 2 is 1.36 bits per heavy atom. The van der Waals surface area contributed by atoms with Crippen LogP contribution < -0.4 is 4.74 Å². The summed E-state index contributed by atoms with van der Waals surface area (Å²) in [6.45, 7) is 5.20. The number of aliphatic carboxylic acids is 2. The van der Waals surface area contributed by atoms with Gasteiger partial charge in [-0.05, 0) is 29.8 Å².